The van der Waals surface area contributed by atoms with E-state index in [9.17, 15) is 9.90 Å². The fourth-order valence-electron chi connectivity index (χ4n) is 4.41. The van der Waals surface area contributed by atoms with E-state index in [1.54, 1.807) is 0 Å². The highest BCUT2D eigenvalue weighted by atomic mass is 16.3. The predicted molar refractivity (Wildman–Crippen MR) is 93.7 cm³/mol. The molecule has 2 aliphatic carbocycles. The number of rotatable bonds is 5. The van der Waals surface area contributed by atoms with Gasteiger partial charge in [0, 0.05) is 25.7 Å². The topological polar surface area (TPSA) is 52.6 Å². The first-order valence-electron chi connectivity index (χ1n) is 9.46. The van der Waals surface area contributed by atoms with Gasteiger partial charge in [0.1, 0.15) is 0 Å². The van der Waals surface area contributed by atoms with Crippen LogP contribution in [0.4, 0.5) is 0 Å². The third-order valence-corrected chi connectivity index (χ3v) is 6.14. The molecule has 3 aliphatic rings. The van der Waals surface area contributed by atoms with Gasteiger partial charge >= 0.3 is 0 Å². The number of hydrogen-bond acceptors (Lipinski definition) is 3. The lowest BCUT2D eigenvalue weighted by Gasteiger charge is -2.41. The maximum atomic E-state index is 12.8. The maximum Gasteiger partial charge on any atom is 0.255 e. The normalized spacial score (nSPS) is 28.0. The predicted octanol–water partition coefficient (Wildman–Crippen LogP) is 1.90. The Hall–Kier alpha value is -1.39. The monoisotopic (exact) mass is 328 g/mol. The van der Waals surface area contributed by atoms with Crippen molar-refractivity contribution in [3.63, 3.8) is 0 Å². The number of piperidine rings is 1. The first-order chi connectivity index (χ1) is 11.6. The Bertz CT molecular complexity index is 588. The quantitative estimate of drug-likeness (QED) is 0.868. The molecule has 0 aromatic heterocycles. The molecule has 0 spiro atoms. The minimum Gasteiger partial charge on any atom is -0.379 e. The highest BCUT2D eigenvalue weighted by Crippen LogP contribution is 2.30. The summed E-state index contributed by atoms with van der Waals surface area (Å²) in [7, 11) is 0. The Kier molecular flexibility index (Phi) is 4.35. The van der Waals surface area contributed by atoms with Crippen LogP contribution in [0, 0.1) is 5.92 Å². The summed E-state index contributed by atoms with van der Waals surface area (Å²) in [5.74, 6) is 0.609. The van der Waals surface area contributed by atoms with Gasteiger partial charge in [-0.3, -0.25) is 4.79 Å². The average Bonchev–Trinajstić information content (AvgIpc) is 2.96. The van der Waals surface area contributed by atoms with Crippen LogP contribution in [0.1, 0.15) is 43.2 Å². The van der Waals surface area contributed by atoms with Gasteiger partial charge in [0.25, 0.3) is 5.91 Å². The third-order valence-electron chi connectivity index (χ3n) is 6.14. The first-order valence-corrected chi connectivity index (χ1v) is 9.46. The van der Waals surface area contributed by atoms with Crippen molar-refractivity contribution in [3.8, 4) is 0 Å². The lowest BCUT2D eigenvalue weighted by atomic mass is 9.83. The fourth-order valence-corrected chi connectivity index (χ4v) is 4.41. The van der Waals surface area contributed by atoms with Gasteiger partial charge in [-0.15, -0.1) is 0 Å². The molecular weight excluding hydrogens is 300 g/mol. The number of aliphatic hydroxyl groups is 1. The second-order valence-electron chi connectivity index (χ2n) is 7.94. The molecule has 130 valence electrons. The first kappa shape index (κ1) is 16.1. The van der Waals surface area contributed by atoms with E-state index in [4.69, 9.17) is 0 Å². The van der Waals surface area contributed by atoms with Gasteiger partial charge in [0.2, 0.25) is 0 Å². The number of nitrogens with zero attached hydrogens (tertiary/aromatic N) is 1. The van der Waals surface area contributed by atoms with Gasteiger partial charge in [-0.1, -0.05) is 30.7 Å². The van der Waals surface area contributed by atoms with Crippen molar-refractivity contribution in [2.45, 2.75) is 56.6 Å². The van der Waals surface area contributed by atoms with E-state index in [0.29, 0.717) is 24.9 Å². The summed E-state index contributed by atoms with van der Waals surface area (Å²) in [5.41, 5.74) is 1.57. The molecule has 0 bridgehead atoms. The van der Waals surface area contributed by atoms with E-state index in [1.165, 1.54) is 30.4 Å². The van der Waals surface area contributed by atoms with Crippen molar-refractivity contribution >= 4 is 5.91 Å². The summed E-state index contributed by atoms with van der Waals surface area (Å²) >= 11 is 0. The summed E-state index contributed by atoms with van der Waals surface area (Å²) in [6.45, 7) is 2.04. The van der Waals surface area contributed by atoms with Gasteiger partial charge < -0.3 is 15.3 Å². The van der Waals surface area contributed by atoms with E-state index >= 15 is 0 Å². The molecule has 4 nitrogen and oxygen atoms in total. The van der Waals surface area contributed by atoms with E-state index in [0.717, 1.165) is 32.4 Å². The van der Waals surface area contributed by atoms with Crippen LogP contribution in [0.2, 0.25) is 0 Å². The number of likely N-dealkylation sites (tertiary alicyclic amines) is 1. The van der Waals surface area contributed by atoms with Crippen LogP contribution in [0.15, 0.2) is 24.3 Å². The van der Waals surface area contributed by atoms with Gasteiger partial charge in [0.05, 0.1) is 0 Å². The van der Waals surface area contributed by atoms with Crippen molar-refractivity contribution < 1.29 is 9.90 Å². The molecule has 1 atom stereocenters. The molecule has 1 aliphatic heterocycles. The van der Waals surface area contributed by atoms with E-state index in [2.05, 4.69) is 29.6 Å². The smallest absolute Gasteiger partial charge is 0.255 e. The zero-order valence-electron chi connectivity index (χ0n) is 14.3. The van der Waals surface area contributed by atoms with Crippen LogP contribution < -0.4 is 5.32 Å². The number of amides is 1. The summed E-state index contributed by atoms with van der Waals surface area (Å²) < 4.78 is 0. The van der Waals surface area contributed by atoms with Crippen LogP contribution in [-0.2, 0) is 17.6 Å². The number of nitrogens with one attached hydrogen (secondary N) is 1. The van der Waals surface area contributed by atoms with Crippen LogP contribution in [0.3, 0.4) is 0 Å². The Morgan fingerprint density at radius 2 is 1.88 bits per heavy atom. The molecule has 1 saturated heterocycles. The molecule has 1 saturated carbocycles. The standard InChI is InChI=1S/C20H28N2O2/c23-19-20(24,9-4-10-22(19)13-15-5-3-6-15)14-21-18-11-16-7-1-2-8-17(16)12-18/h1-2,7-8,15,18,21,24H,3-6,9-14H2/t20-/m1/s1. The number of fused-ring (bicyclic) bond motifs is 1. The van der Waals surface area contributed by atoms with Gasteiger partial charge in [-0.2, -0.15) is 0 Å². The Labute approximate surface area is 144 Å². The highest BCUT2D eigenvalue weighted by molar-refractivity contribution is 5.86. The van der Waals surface area contributed by atoms with Gasteiger partial charge in [-0.25, -0.2) is 0 Å². The van der Waals surface area contributed by atoms with Crippen molar-refractivity contribution in [3.05, 3.63) is 35.4 Å². The summed E-state index contributed by atoms with van der Waals surface area (Å²) in [6.07, 6.45) is 7.24. The van der Waals surface area contributed by atoms with Crippen molar-refractivity contribution in [1.82, 2.24) is 10.2 Å². The van der Waals surface area contributed by atoms with E-state index in [-0.39, 0.29) is 5.91 Å². The SMILES string of the molecule is O=C1N(CC2CCC2)CCC[C@@]1(O)CNC1Cc2ccccc2C1. The van der Waals surface area contributed by atoms with Crippen molar-refractivity contribution in [2.75, 3.05) is 19.6 Å². The number of hydrogen-bond donors (Lipinski definition) is 2. The van der Waals surface area contributed by atoms with Gasteiger partial charge in [0.15, 0.2) is 5.60 Å². The van der Waals surface area contributed by atoms with E-state index < -0.39 is 5.60 Å². The second kappa shape index (κ2) is 6.49. The molecule has 1 amide bonds. The molecule has 2 fully saturated rings. The molecule has 0 radical (unpaired) electrons. The van der Waals surface area contributed by atoms with Crippen LogP contribution in [-0.4, -0.2) is 47.2 Å². The van der Waals surface area contributed by atoms with Crippen LogP contribution in [0.5, 0.6) is 0 Å². The molecule has 0 unspecified atom stereocenters. The van der Waals surface area contributed by atoms with E-state index in [1.807, 2.05) is 4.90 Å². The summed E-state index contributed by atoms with van der Waals surface area (Å²) in [4.78, 5) is 14.7. The lowest BCUT2D eigenvalue weighted by molar-refractivity contribution is -0.157. The molecule has 1 aromatic carbocycles. The molecule has 2 N–H and O–H groups in total. The fraction of sp³-hybridized carbons (Fsp3) is 0.650. The number of carbonyl (C=O) groups is 1. The minimum absolute atomic E-state index is 0.0522. The molecule has 1 aromatic rings. The third kappa shape index (κ3) is 3.09. The average molecular weight is 328 g/mol. The zero-order chi connectivity index (χ0) is 16.6. The van der Waals surface area contributed by atoms with Crippen LogP contribution in [0.25, 0.3) is 0 Å². The molecule has 24 heavy (non-hydrogen) atoms. The zero-order valence-corrected chi connectivity index (χ0v) is 14.3. The lowest BCUT2D eigenvalue weighted by Crippen LogP contribution is -2.59. The Balaban J connectivity index is 1.34. The molecular formula is C20H28N2O2. The maximum absolute atomic E-state index is 12.8. The Morgan fingerprint density at radius 3 is 2.50 bits per heavy atom. The summed E-state index contributed by atoms with van der Waals surface area (Å²) in [6, 6.07) is 8.85. The van der Waals surface area contributed by atoms with Crippen molar-refractivity contribution in [2.24, 2.45) is 5.92 Å². The second-order valence-corrected chi connectivity index (χ2v) is 7.94. The minimum atomic E-state index is -1.21. The molecule has 4 rings (SSSR count). The highest BCUT2D eigenvalue weighted by Gasteiger charge is 2.43. The summed E-state index contributed by atoms with van der Waals surface area (Å²) in [5, 5.41) is 14.4. The molecule has 1 heterocycles. The van der Waals surface area contributed by atoms with Crippen LogP contribution >= 0.6 is 0 Å². The number of benzene rings is 1. The Morgan fingerprint density at radius 1 is 1.17 bits per heavy atom. The van der Waals surface area contributed by atoms with Crippen molar-refractivity contribution in [1.29, 1.82) is 0 Å². The largest absolute Gasteiger partial charge is 0.379 e. The number of carbonyl (C=O) groups excluding carboxylic acids is 1. The molecule has 4 heteroatoms. The van der Waals surface area contributed by atoms with Gasteiger partial charge in [-0.05, 0) is 55.6 Å².